The molecule has 106 valence electrons. The van der Waals surface area contributed by atoms with Crippen molar-refractivity contribution in [1.29, 1.82) is 0 Å². The zero-order valence-corrected chi connectivity index (χ0v) is 11.7. The monoisotopic (exact) mass is 254 g/mol. The minimum absolute atomic E-state index is 0.475. The van der Waals surface area contributed by atoms with Crippen molar-refractivity contribution in [2.75, 3.05) is 0 Å². The highest BCUT2D eigenvalue weighted by Gasteiger charge is 2.23. The molecule has 2 atom stereocenters. The fourth-order valence-electron chi connectivity index (χ4n) is 3.85. The molecule has 2 heteroatoms. The van der Waals surface area contributed by atoms with Crippen molar-refractivity contribution in [3.05, 3.63) is 0 Å². The van der Waals surface area contributed by atoms with Gasteiger partial charge in [0.05, 0.1) is 12.2 Å². The van der Waals surface area contributed by atoms with Crippen LogP contribution >= 0.6 is 0 Å². The van der Waals surface area contributed by atoms with E-state index in [-0.39, 0.29) is 0 Å². The summed E-state index contributed by atoms with van der Waals surface area (Å²) in [7, 11) is 0. The lowest BCUT2D eigenvalue weighted by atomic mass is 9.93. The second-order valence-corrected chi connectivity index (χ2v) is 6.60. The van der Waals surface area contributed by atoms with Gasteiger partial charge in [-0.25, -0.2) is 0 Å². The van der Waals surface area contributed by atoms with Crippen LogP contribution in [-0.2, 0) is 0 Å². The number of aliphatic hydroxyl groups excluding tert-OH is 2. The van der Waals surface area contributed by atoms with E-state index in [1.807, 2.05) is 0 Å². The molecule has 0 aromatic rings. The molecule has 2 unspecified atom stereocenters. The van der Waals surface area contributed by atoms with Gasteiger partial charge in [0.25, 0.3) is 0 Å². The van der Waals surface area contributed by atoms with E-state index in [0.717, 1.165) is 25.2 Å². The molecule has 0 aromatic carbocycles. The molecule has 0 saturated heterocycles. The lowest BCUT2D eigenvalue weighted by Crippen LogP contribution is -2.27. The van der Waals surface area contributed by atoms with Gasteiger partial charge in [-0.2, -0.15) is 0 Å². The van der Waals surface area contributed by atoms with Gasteiger partial charge in [-0.3, -0.25) is 0 Å². The van der Waals surface area contributed by atoms with Crippen LogP contribution in [0.1, 0.15) is 77.0 Å². The van der Waals surface area contributed by atoms with Gasteiger partial charge in [0.15, 0.2) is 0 Å². The first-order valence-corrected chi connectivity index (χ1v) is 8.12. The first-order chi connectivity index (χ1) is 8.75. The lowest BCUT2D eigenvalue weighted by molar-refractivity contribution is -0.000728. The Balaban J connectivity index is 1.56. The predicted molar refractivity (Wildman–Crippen MR) is 74.4 cm³/mol. The van der Waals surface area contributed by atoms with Crippen LogP contribution in [0.15, 0.2) is 0 Å². The zero-order chi connectivity index (χ0) is 12.8. The van der Waals surface area contributed by atoms with Crippen LogP contribution < -0.4 is 0 Å². The molecule has 2 rings (SSSR count). The van der Waals surface area contributed by atoms with E-state index in [1.165, 1.54) is 57.8 Å². The van der Waals surface area contributed by atoms with E-state index < -0.39 is 12.2 Å². The molecule has 0 aromatic heterocycles. The minimum Gasteiger partial charge on any atom is -0.390 e. The summed E-state index contributed by atoms with van der Waals surface area (Å²) in [5, 5.41) is 20.0. The van der Waals surface area contributed by atoms with E-state index in [1.54, 1.807) is 0 Å². The van der Waals surface area contributed by atoms with Crippen molar-refractivity contribution in [3.8, 4) is 0 Å². The van der Waals surface area contributed by atoms with E-state index in [4.69, 9.17) is 0 Å². The molecule has 18 heavy (non-hydrogen) atoms. The van der Waals surface area contributed by atoms with Crippen molar-refractivity contribution >= 4 is 0 Å². The highest BCUT2D eigenvalue weighted by atomic mass is 16.3. The summed E-state index contributed by atoms with van der Waals surface area (Å²) in [4.78, 5) is 0. The molecule has 0 aliphatic heterocycles. The third-order valence-electron chi connectivity index (χ3n) is 5.08. The third kappa shape index (κ3) is 4.55. The van der Waals surface area contributed by atoms with Gasteiger partial charge in [-0.1, -0.05) is 64.2 Å². The van der Waals surface area contributed by atoms with Crippen molar-refractivity contribution in [1.82, 2.24) is 0 Å². The Morgan fingerprint density at radius 3 is 1.94 bits per heavy atom. The molecular weight excluding hydrogens is 224 g/mol. The van der Waals surface area contributed by atoms with Crippen molar-refractivity contribution in [3.63, 3.8) is 0 Å². The Bertz CT molecular complexity index is 217. The number of hydrogen-bond acceptors (Lipinski definition) is 2. The molecule has 0 bridgehead atoms. The first-order valence-electron chi connectivity index (χ1n) is 8.12. The molecule has 2 saturated carbocycles. The standard InChI is InChI=1S/C16H30O2/c17-15(11-5-10-13-6-1-2-7-13)16(18)12-14-8-3-4-9-14/h13-18H,1-12H2. The molecule has 2 N–H and O–H groups in total. The van der Waals surface area contributed by atoms with Gasteiger partial charge in [0, 0.05) is 0 Å². The fraction of sp³-hybridized carbons (Fsp3) is 1.00. The van der Waals surface area contributed by atoms with Crippen molar-refractivity contribution in [2.45, 2.75) is 89.3 Å². The second kappa shape index (κ2) is 7.49. The van der Waals surface area contributed by atoms with Crippen LogP contribution in [0.25, 0.3) is 0 Å². The molecule has 0 heterocycles. The lowest BCUT2D eigenvalue weighted by Gasteiger charge is -2.21. The van der Waals surface area contributed by atoms with E-state index in [2.05, 4.69) is 0 Å². The van der Waals surface area contributed by atoms with Crippen LogP contribution in [0.3, 0.4) is 0 Å². The van der Waals surface area contributed by atoms with Crippen molar-refractivity contribution in [2.24, 2.45) is 11.8 Å². The Morgan fingerprint density at radius 1 is 0.778 bits per heavy atom. The van der Waals surface area contributed by atoms with E-state index >= 15 is 0 Å². The summed E-state index contributed by atoms with van der Waals surface area (Å²) >= 11 is 0. The van der Waals surface area contributed by atoms with Gasteiger partial charge in [-0.15, -0.1) is 0 Å². The summed E-state index contributed by atoms with van der Waals surface area (Å²) in [5.74, 6) is 1.58. The highest BCUT2D eigenvalue weighted by Crippen LogP contribution is 2.31. The summed E-state index contributed by atoms with van der Waals surface area (Å²) in [5.41, 5.74) is 0. The van der Waals surface area contributed by atoms with E-state index in [9.17, 15) is 10.2 Å². The molecule has 2 nitrogen and oxygen atoms in total. The Morgan fingerprint density at radius 2 is 1.33 bits per heavy atom. The fourth-order valence-corrected chi connectivity index (χ4v) is 3.85. The quantitative estimate of drug-likeness (QED) is 0.728. The average molecular weight is 254 g/mol. The van der Waals surface area contributed by atoms with Crippen LogP contribution in [-0.4, -0.2) is 22.4 Å². The third-order valence-corrected chi connectivity index (χ3v) is 5.08. The van der Waals surface area contributed by atoms with Gasteiger partial charge >= 0.3 is 0 Å². The zero-order valence-electron chi connectivity index (χ0n) is 11.7. The van der Waals surface area contributed by atoms with Crippen LogP contribution in [0.2, 0.25) is 0 Å². The minimum atomic E-state index is -0.480. The molecule has 2 aliphatic rings. The van der Waals surface area contributed by atoms with Crippen molar-refractivity contribution < 1.29 is 10.2 Å². The molecule has 2 fully saturated rings. The molecule has 0 radical (unpaired) electrons. The van der Waals surface area contributed by atoms with E-state index in [0.29, 0.717) is 5.92 Å². The molecule has 0 spiro atoms. The maximum absolute atomic E-state index is 10.0. The van der Waals surface area contributed by atoms with Gasteiger partial charge in [0.1, 0.15) is 0 Å². The SMILES string of the molecule is OC(CCCC1CCCC1)C(O)CC1CCCC1. The number of hydrogen-bond donors (Lipinski definition) is 2. The molecule has 0 amide bonds. The maximum Gasteiger partial charge on any atom is 0.0801 e. The number of rotatable bonds is 7. The Labute approximate surface area is 112 Å². The average Bonchev–Trinajstić information content (AvgIpc) is 3.01. The largest absolute Gasteiger partial charge is 0.390 e. The summed E-state index contributed by atoms with van der Waals surface area (Å²) in [6, 6.07) is 0. The van der Waals surface area contributed by atoms with Crippen LogP contribution in [0.4, 0.5) is 0 Å². The predicted octanol–water partition coefficient (Wildman–Crippen LogP) is 3.65. The van der Waals surface area contributed by atoms with Gasteiger partial charge in [-0.05, 0) is 24.7 Å². The normalized spacial score (nSPS) is 25.7. The molecular formula is C16H30O2. The van der Waals surface area contributed by atoms with Gasteiger partial charge in [0.2, 0.25) is 0 Å². The topological polar surface area (TPSA) is 40.5 Å². The Hall–Kier alpha value is -0.0800. The smallest absolute Gasteiger partial charge is 0.0801 e. The van der Waals surface area contributed by atoms with Crippen LogP contribution in [0.5, 0.6) is 0 Å². The Kier molecular flexibility index (Phi) is 5.97. The summed E-state index contributed by atoms with van der Waals surface area (Å²) < 4.78 is 0. The first kappa shape index (κ1) is 14.3. The summed E-state index contributed by atoms with van der Waals surface area (Å²) in [6.07, 6.45) is 13.7. The summed E-state index contributed by atoms with van der Waals surface area (Å²) in [6.45, 7) is 0. The van der Waals surface area contributed by atoms with Crippen LogP contribution in [0, 0.1) is 11.8 Å². The molecule has 2 aliphatic carbocycles. The number of aliphatic hydroxyl groups is 2. The second-order valence-electron chi connectivity index (χ2n) is 6.60. The van der Waals surface area contributed by atoms with Gasteiger partial charge < -0.3 is 10.2 Å². The highest BCUT2D eigenvalue weighted by molar-refractivity contribution is 4.76. The maximum atomic E-state index is 10.0.